The van der Waals surface area contributed by atoms with Crippen molar-refractivity contribution in [3.8, 4) is 5.75 Å². The summed E-state index contributed by atoms with van der Waals surface area (Å²) in [4.78, 5) is 11.7. The number of rotatable bonds is 6. The maximum Gasteiger partial charge on any atom is 0.277 e. The second-order valence-corrected chi connectivity index (χ2v) is 5.73. The Labute approximate surface area is 141 Å². The van der Waals surface area contributed by atoms with E-state index in [1.54, 1.807) is 6.07 Å². The van der Waals surface area contributed by atoms with Crippen molar-refractivity contribution in [3.05, 3.63) is 64.7 Å². The van der Waals surface area contributed by atoms with Crippen molar-refractivity contribution in [1.82, 2.24) is 5.43 Å². The molecule has 0 bridgehead atoms. The van der Waals surface area contributed by atoms with Gasteiger partial charge in [-0.25, -0.2) is 5.43 Å². The summed E-state index contributed by atoms with van der Waals surface area (Å²) >= 11 is 5.99. The molecule has 0 radical (unpaired) electrons. The van der Waals surface area contributed by atoms with Crippen molar-refractivity contribution in [2.75, 3.05) is 6.61 Å². The molecule has 23 heavy (non-hydrogen) atoms. The first-order valence-electron chi connectivity index (χ1n) is 7.35. The minimum absolute atomic E-state index is 0.0963. The Morgan fingerprint density at radius 2 is 1.91 bits per heavy atom. The van der Waals surface area contributed by atoms with Crippen molar-refractivity contribution in [3.63, 3.8) is 0 Å². The molecule has 2 aromatic carbocycles. The Morgan fingerprint density at radius 1 is 1.22 bits per heavy atom. The average molecular weight is 331 g/mol. The second-order valence-electron chi connectivity index (χ2n) is 5.33. The summed E-state index contributed by atoms with van der Waals surface area (Å²) in [6, 6.07) is 14.9. The maximum absolute atomic E-state index is 11.7. The molecule has 1 amide bonds. The monoisotopic (exact) mass is 330 g/mol. The normalized spacial score (nSPS) is 11.0. The molecule has 0 saturated heterocycles. The number of hydrogen-bond donors (Lipinski definition) is 1. The number of benzene rings is 2. The van der Waals surface area contributed by atoms with E-state index in [0.29, 0.717) is 16.7 Å². The van der Waals surface area contributed by atoms with Crippen LogP contribution >= 0.6 is 11.6 Å². The van der Waals surface area contributed by atoms with Crippen LogP contribution in [0.3, 0.4) is 0 Å². The molecule has 0 unspecified atom stereocenters. The lowest BCUT2D eigenvalue weighted by atomic mass is 10.0. The van der Waals surface area contributed by atoms with Gasteiger partial charge in [-0.15, -0.1) is 0 Å². The van der Waals surface area contributed by atoms with Gasteiger partial charge in [0.05, 0.1) is 6.21 Å². The summed E-state index contributed by atoms with van der Waals surface area (Å²) in [5.41, 5.74) is 4.37. The van der Waals surface area contributed by atoms with E-state index in [4.69, 9.17) is 16.3 Å². The predicted octanol–water partition coefficient (Wildman–Crippen LogP) is 3.99. The van der Waals surface area contributed by atoms with Gasteiger partial charge in [0.1, 0.15) is 5.75 Å². The van der Waals surface area contributed by atoms with E-state index in [-0.39, 0.29) is 12.5 Å². The molecule has 0 aromatic heterocycles. The van der Waals surface area contributed by atoms with Crippen LogP contribution in [0.25, 0.3) is 0 Å². The zero-order valence-electron chi connectivity index (χ0n) is 13.1. The van der Waals surface area contributed by atoms with Crippen molar-refractivity contribution in [2.45, 2.75) is 19.8 Å². The molecule has 0 atom stereocenters. The van der Waals surface area contributed by atoms with Crippen LogP contribution in [0.15, 0.2) is 53.6 Å². The minimum Gasteiger partial charge on any atom is -0.484 e. The van der Waals surface area contributed by atoms with E-state index >= 15 is 0 Å². The van der Waals surface area contributed by atoms with E-state index in [1.807, 2.05) is 42.5 Å². The molecule has 1 N–H and O–H groups in total. The lowest BCUT2D eigenvalue weighted by molar-refractivity contribution is -0.123. The van der Waals surface area contributed by atoms with E-state index in [0.717, 1.165) is 5.56 Å². The van der Waals surface area contributed by atoms with Crippen molar-refractivity contribution in [1.29, 1.82) is 0 Å². The number of nitrogens with zero attached hydrogens (tertiary/aromatic N) is 1. The van der Waals surface area contributed by atoms with Crippen LogP contribution in [0.2, 0.25) is 5.02 Å². The smallest absolute Gasteiger partial charge is 0.277 e. The number of hydrazone groups is 1. The first-order valence-corrected chi connectivity index (χ1v) is 7.73. The van der Waals surface area contributed by atoms with Gasteiger partial charge in [0.2, 0.25) is 0 Å². The van der Waals surface area contributed by atoms with Crippen LogP contribution in [0, 0.1) is 0 Å². The van der Waals surface area contributed by atoms with Gasteiger partial charge in [-0.2, -0.15) is 5.10 Å². The third kappa shape index (κ3) is 5.42. The fourth-order valence-electron chi connectivity index (χ4n) is 1.88. The van der Waals surface area contributed by atoms with Gasteiger partial charge < -0.3 is 4.74 Å². The van der Waals surface area contributed by atoms with Gasteiger partial charge in [-0.3, -0.25) is 4.79 Å². The highest BCUT2D eigenvalue weighted by Gasteiger charge is 2.03. The number of hydrogen-bond acceptors (Lipinski definition) is 3. The molecular weight excluding hydrogens is 312 g/mol. The van der Waals surface area contributed by atoms with Crippen LogP contribution in [-0.4, -0.2) is 18.7 Å². The zero-order chi connectivity index (χ0) is 16.7. The quantitative estimate of drug-likeness (QED) is 0.643. The molecule has 0 fully saturated rings. The number of carbonyl (C=O) groups is 1. The van der Waals surface area contributed by atoms with Gasteiger partial charge in [0, 0.05) is 10.6 Å². The van der Waals surface area contributed by atoms with Gasteiger partial charge >= 0.3 is 0 Å². The lowest BCUT2D eigenvalue weighted by Gasteiger charge is -2.08. The second kappa shape index (κ2) is 8.34. The fourth-order valence-corrected chi connectivity index (χ4v) is 2.07. The molecule has 0 aliphatic heterocycles. The highest BCUT2D eigenvalue weighted by Crippen LogP contribution is 2.18. The van der Waals surface area contributed by atoms with Crippen LogP contribution < -0.4 is 10.2 Å². The molecule has 5 heteroatoms. The molecule has 0 saturated carbocycles. The largest absolute Gasteiger partial charge is 0.484 e. The molecule has 2 rings (SSSR count). The Kier molecular flexibility index (Phi) is 6.18. The zero-order valence-corrected chi connectivity index (χ0v) is 13.9. The summed E-state index contributed by atoms with van der Waals surface area (Å²) in [7, 11) is 0. The highest BCUT2D eigenvalue weighted by molar-refractivity contribution is 6.33. The maximum atomic E-state index is 11.7. The van der Waals surface area contributed by atoms with Gasteiger partial charge in [0.25, 0.3) is 5.91 Å². The summed E-state index contributed by atoms with van der Waals surface area (Å²) < 4.78 is 5.42. The van der Waals surface area contributed by atoms with E-state index in [1.165, 1.54) is 11.8 Å². The molecule has 120 valence electrons. The van der Waals surface area contributed by atoms with Crippen LogP contribution in [0.1, 0.15) is 30.9 Å². The Balaban J connectivity index is 1.80. The summed E-state index contributed by atoms with van der Waals surface area (Å²) in [5, 5.41) is 4.44. The molecule has 0 heterocycles. The molecule has 0 spiro atoms. The fraction of sp³-hybridized carbons (Fsp3) is 0.222. The van der Waals surface area contributed by atoms with E-state index < -0.39 is 0 Å². The van der Waals surface area contributed by atoms with E-state index in [2.05, 4.69) is 24.4 Å². The SMILES string of the molecule is CC(C)c1ccc(OCC(=O)N/N=C\c2ccccc2Cl)cc1. The van der Waals surface area contributed by atoms with Crippen molar-refractivity contribution < 1.29 is 9.53 Å². The molecule has 2 aromatic rings. The number of nitrogens with one attached hydrogen (secondary N) is 1. The number of halogens is 1. The molecule has 0 aliphatic rings. The number of ether oxygens (including phenoxy) is 1. The van der Waals surface area contributed by atoms with Crippen molar-refractivity contribution in [2.24, 2.45) is 5.10 Å². The van der Waals surface area contributed by atoms with Crippen LogP contribution in [0.5, 0.6) is 5.75 Å². The summed E-state index contributed by atoms with van der Waals surface area (Å²) in [5.74, 6) is 0.785. The average Bonchev–Trinajstić information content (AvgIpc) is 2.55. The standard InChI is InChI=1S/C18H19ClN2O2/c1-13(2)14-7-9-16(10-8-14)23-12-18(22)21-20-11-15-5-3-4-6-17(15)19/h3-11,13H,12H2,1-2H3,(H,21,22)/b20-11-. The van der Waals surface area contributed by atoms with Gasteiger partial charge in [-0.1, -0.05) is 55.8 Å². The summed E-state index contributed by atoms with van der Waals surface area (Å²) in [6.07, 6.45) is 1.50. The molecular formula is C18H19ClN2O2. The summed E-state index contributed by atoms with van der Waals surface area (Å²) in [6.45, 7) is 4.15. The van der Waals surface area contributed by atoms with Crippen molar-refractivity contribution >= 4 is 23.7 Å². The van der Waals surface area contributed by atoms with E-state index in [9.17, 15) is 4.79 Å². The lowest BCUT2D eigenvalue weighted by Crippen LogP contribution is -2.24. The molecule has 4 nitrogen and oxygen atoms in total. The van der Waals surface area contributed by atoms with Crippen LogP contribution in [-0.2, 0) is 4.79 Å². The molecule has 0 aliphatic carbocycles. The van der Waals surface area contributed by atoms with Gasteiger partial charge in [0.15, 0.2) is 6.61 Å². The first-order chi connectivity index (χ1) is 11.1. The minimum atomic E-state index is -0.332. The number of amides is 1. The Morgan fingerprint density at radius 3 is 2.57 bits per heavy atom. The third-order valence-corrected chi connectivity index (χ3v) is 3.56. The van der Waals surface area contributed by atoms with Crippen LogP contribution in [0.4, 0.5) is 0 Å². The Hall–Kier alpha value is -2.33. The highest BCUT2D eigenvalue weighted by atomic mass is 35.5. The topological polar surface area (TPSA) is 50.7 Å². The van der Waals surface area contributed by atoms with Gasteiger partial charge in [-0.05, 0) is 29.7 Å². The predicted molar refractivity (Wildman–Crippen MR) is 93.2 cm³/mol. The first kappa shape index (κ1) is 17.0. The number of carbonyl (C=O) groups excluding carboxylic acids is 1. The third-order valence-electron chi connectivity index (χ3n) is 3.21. The Bertz CT molecular complexity index is 682.